The Morgan fingerprint density at radius 2 is 1.76 bits per heavy atom. The van der Waals surface area contributed by atoms with Gasteiger partial charge in [-0.25, -0.2) is 9.97 Å². The molecule has 1 aromatic heterocycles. The van der Waals surface area contributed by atoms with Crippen LogP contribution in [0.25, 0.3) is 11.8 Å². The van der Waals surface area contributed by atoms with Gasteiger partial charge in [0.05, 0.1) is 5.56 Å². The van der Waals surface area contributed by atoms with Crippen molar-refractivity contribution in [3.8, 4) is 0 Å². The fraction of sp³-hybridized carbons (Fsp3) is 0.300. The van der Waals surface area contributed by atoms with E-state index in [1.54, 1.807) is 12.4 Å². The van der Waals surface area contributed by atoms with E-state index < -0.39 is 0 Å². The third kappa shape index (κ3) is 4.45. The van der Waals surface area contributed by atoms with E-state index in [0.717, 1.165) is 26.2 Å². The molecule has 2 aromatic rings. The lowest BCUT2D eigenvalue weighted by Crippen LogP contribution is -2.49. The number of hydrogen-bond donors (Lipinski definition) is 1. The first kappa shape index (κ1) is 17.2. The van der Waals surface area contributed by atoms with Gasteiger partial charge >= 0.3 is 0 Å². The molecule has 0 radical (unpaired) electrons. The summed E-state index contributed by atoms with van der Waals surface area (Å²) in [6.45, 7) is 9.44. The monoisotopic (exact) mass is 336 g/mol. The maximum Gasteiger partial charge on any atom is 0.225 e. The minimum absolute atomic E-state index is 0.00426. The zero-order chi connectivity index (χ0) is 17.6. The molecule has 1 atom stereocenters. The number of anilines is 1. The maximum absolute atomic E-state index is 9.35. The Kier molecular flexibility index (Phi) is 5.46. The Balaban J connectivity index is 1.54. The molecular formula is C20H24N4O. The Hall–Kier alpha value is -2.66. The van der Waals surface area contributed by atoms with Crippen molar-refractivity contribution < 1.29 is 5.11 Å². The molecule has 0 saturated carbocycles. The van der Waals surface area contributed by atoms with Crippen molar-refractivity contribution in [2.24, 2.45) is 0 Å². The molecular weight excluding hydrogens is 312 g/mol. The summed E-state index contributed by atoms with van der Waals surface area (Å²) in [6.07, 6.45) is 7.66. The predicted molar refractivity (Wildman–Crippen MR) is 102 cm³/mol. The summed E-state index contributed by atoms with van der Waals surface area (Å²) in [7, 11) is 0. The normalized spacial score (nSPS) is 16.9. The van der Waals surface area contributed by atoms with Crippen LogP contribution >= 0.6 is 0 Å². The van der Waals surface area contributed by atoms with Gasteiger partial charge in [0.2, 0.25) is 5.95 Å². The summed E-state index contributed by atoms with van der Waals surface area (Å²) in [6, 6.07) is 10.8. The molecule has 0 spiro atoms. The van der Waals surface area contributed by atoms with Crippen LogP contribution < -0.4 is 4.90 Å². The van der Waals surface area contributed by atoms with Crippen molar-refractivity contribution in [1.82, 2.24) is 14.9 Å². The minimum Gasteiger partial charge on any atom is -0.508 e. The summed E-state index contributed by atoms with van der Waals surface area (Å²) in [5, 5.41) is 9.35. The lowest BCUT2D eigenvalue weighted by molar-refractivity contribution is 0.227. The third-order valence-corrected chi connectivity index (χ3v) is 4.51. The number of aliphatic hydroxyl groups is 1. The standard InChI is InChI=1S/C20H24N4O/c1-16(8-9-18-6-4-3-5-7-18)23-10-12-24(13-11-23)20-21-14-19(15-22-20)17(2)25/h3-9,14-16,25H,2,10-13H2,1H3/b9-8+. The molecule has 3 rings (SSSR count). The molecule has 0 amide bonds. The highest BCUT2D eigenvalue weighted by Crippen LogP contribution is 2.15. The average Bonchev–Trinajstić information content (AvgIpc) is 2.67. The summed E-state index contributed by atoms with van der Waals surface area (Å²) in [5.74, 6) is 0.701. The van der Waals surface area contributed by atoms with Crippen LogP contribution in [0.4, 0.5) is 5.95 Å². The topological polar surface area (TPSA) is 52.5 Å². The molecule has 1 saturated heterocycles. The quantitative estimate of drug-likeness (QED) is 0.850. The number of nitrogens with zero attached hydrogens (tertiary/aromatic N) is 4. The van der Waals surface area contributed by atoms with Gasteiger partial charge in [-0.1, -0.05) is 49.1 Å². The summed E-state index contributed by atoms with van der Waals surface area (Å²) in [4.78, 5) is 13.3. The van der Waals surface area contributed by atoms with E-state index in [1.165, 1.54) is 5.56 Å². The Morgan fingerprint density at radius 1 is 1.12 bits per heavy atom. The van der Waals surface area contributed by atoms with E-state index in [-0.39, 0.29) is 5.76 Å². The molecule has 2 heterocycles. The van der Waals surface area contributed by atoms with Gasteiger partial charge in [0, 0.05) is 44.6 Å². The molecule has 1 N–H and O–H groups in total. The van der Waals surface area contributed by atoms with Crippen LogP contribution in [-0.2, 0) is 0 Å². The van der Waals surface area contributed by atoms with Crippen molar-refractivity contribution in [2.75, 3.05) is 31.1 Å². The number of rotatable bonds is 5. The second-order valence-electron chi connectivity index (χ2n) is 6.25. The highest BCUT2D eigenvalue weighted by molar-refractivity contribution is 5.54. The minimum atomic E-state index is -0.00426. The van der Waals surface area contributed by atoms with Gasteiger partial charge < -0.3 is 10.0 Å². The molecule has 0 aliphatic carbocycles. The first-order valence-electron chi connectivity index (χ1n) is 8.56. The van der Waals surface area contributed by atoms with Crippen LogP contribution in [0, 0.1) is 0 Å². The molecule has 1 fully saturated rings. The van der Waals surface area contributed by atoms with E-state index in [9.17, 15) is 5.11 Å². The maximum atomic E-state index is 9.35. The van der Waals surface area contributed by atoms with E-state index in [1.807, 2.05) is 6.07 Å². The molecule has 1 aliphatic rings. The van der Waals surface area contributed by atoms with Crippen molar-refractivity contribution in [3.05, 3.63) is 66.5 Å². The van der Waals surface area contributed by atoms with E-state index >= 15 is 0 Å². The largest absolute Gasteiger partial charge is 0.508 e. The van der Waals surface area contributed by atoms with E-state index in [4.69, 9.17) is 0 Å². The van der Waals surface area contributed by atoms with Gasteiger partial charge in [-0.05, 0) is 12.5 Å². The summed E-state index contributed by atoms with van der Waals surface area (Å²) < 4.78 is 0. The molecule has 5 nitrogen and oxygen atoms in total. The molecule has 5 heteroatoms. The fourth-order valence-electron chi connectivity index (χ4n) is 2.90. The van der Waals surface area contributed by atoms with Crippen molar-refractivity contribution in [3.63, 3.8) is 0 Å². The fourth-order valence-corrected chi connectivity index (χ4v) is 2.90. The molecule has 1 unspecified atom stereocenters. The van der Waals surface area contributed by atoms with Gasteiger partial charge in [-0.2, -0.15) is 0 Å². The van der Waals surface area contributed by atoms with Crippen LogP contribution in [0.1, 0.15) is 18.1 Å². The first-order valence-corrected chi connectivity index (χ1v) is 8.56. The van der Waals surface area contributed by atoms with E-state index in [2.05, 4.69) is 69.7 Å². The van der Waals surface area contributed by atoms with Crippen molar-refractivity contribution >= 4 is 17.8 Å². The zero-order valence-electron chi connectivity index (χ0n) is 14.5. The first-order chi connectivity index (χ1) is 12.1. The van der Waals surface area contributed by atoms with Gasteiger partial charge in [-0.15, -0.1) is 0 Å². The lowest BCUT2D eigenvalue weighted by atomic mass is 10.1. The number of aliphatic hydroxyl groups excluding tert-OH is 1. The lowest BCUT2D eigenvalue weighted by Gasteiger charge is -2.37. The van der Waals surface area contributed by atoms with Gasteiger partial charge in [-0.3, -0.25) is 4.90 Å². The molecule has 0 bridgehead atoms. The zero-order valence-corrected chi connectivity index (χ0v) is 14.5. The Labute approximate surface area is 149 Å². The van der Waals surface area contributed by atoms with E-state index in [0.29, 0.717) is 17.6 Å². The van der Waals surface area contributed by atoms with Crippen LogP contribution in [-0.4, -0.2) is 52.2 Å². The average molecular weight is 336 g/mol. The Bertz CT molecular complexity index is 719. The molecule has 130 valence electrons. The van der Waals surface area contributed by atoms with Crippen LogP contribution in [0.5, 0.6) is 0 Å². The molecule has 1 aromatic carbocycles. The third-order valence-electron chi connectivity index (χ3n) is 4.51. The van der Waals surface area contributed by atoms with Gasteiger partial charge in [0.15, 0.2) is 0 Å². The number of piperazine rings is 1. The van der Waals surface area contributed by atoms with Gasteiger partial charge in [0.25, 0.3) is 0 Å². The highest BCUT2D eigenvalue weighted by atomic mass is 16.3. The number of hydrogen-bond acceptors (Lipinski definition) is 5. The van der Waals surface area contributed by atoms with Crippen molar-refractivity contribution in [2.45, 2.75) is 13.0 Å². The summed E-state index contributed by atoms with van der Waals surface area (Å²) in [5.41, 5.74) is 1.79. The second kappa shape index (κ2) is 7.94. The number of aromatic nitrogens is 2. The highest BCUT2D eigenvalue weighted by Gasteiger charge is 2.21. The Morgan fingerprint density at radius 3 is 2.36 bits per heavy atom. The predicted octanol–water partition coefficient (Wildman–Crippen LogP) is 3.23. The van der Waals surface area contributed by atoms with Crippen LogP contribution in [0.3, 0.4) is 0 Å². The van der Waals surface area contributed by atoms with Gasteiger partial charge in [0.1, 0.15) is 5.76 Å². The number of benzene rings is 1. The van der Waals surface area contributed by atoms with Crippen LogP contribution in [0.15, 0.2) is 55.4 Å². The SMILES string of the molecule is C=C(O)c1cnc(N2CCN(C(C)/C=C/c3ccccc3)CC2)nc1. The smallest absolute Gasteiger partial charge is 0.225 e. The second-order valence-corrected chi connectivity index (χ2v) is 6.25. The molecule has 1 aliphatic heterocycles. The summed E-state index contributed by atoms with van der Waals surface area (Å²) >= 11 is 0. The van der Waals surface area contributed by atoms with Crippen LogP contribution in [0.2, 0.25) is 0 Å². The van der Waals surface area contributed by atoms with Crippen molar-refractivity contribution in [1.29, 1.82) is 0 Å². The molecule has 25 heavy (non-hydrogen) atoms.